The SMILES string of the molecule is CN1CCO[C@@H](CN(C(=O)Cc2cccnc2)c2nccs2)C1. The van der Waals surface area contributed by atoms with Crippen LogP contribution >= 0.6 is 11.3 Å². The molecule has 1 saturated heterocycles. The van der Waals surface area contributed by atoms with Crippen molar-refractivity contribution >= 4 is 22.4 Å². The summed E-state index contributed by atoms with van der Waals surface area (Å²) < 4.78 is 5.81. The van der Waals surface area contributed by atoms with Gasteiger partial charge in [0, 0.05) is 37.1 Å². The Kier molecular flexibility index (Phi) is 5.32. The van der Waals surface area contributed by atoms with Crippen molar-refractivity contribution in [2.24, 2.45) is 0 Å². The zero-order chi connectivity index (χ0) is 16.1. The maximum atomic E-state index is 12.8. The molecular weight excluding hydrogens is 312 g/mol. The third kappa shape index (κ3) is 4.34. The van der Waals surface area contributed by atoms with Crippen LogP contribution in [0.3, 0.4) is 0 Å². The number of amides is 1. The minimum absolute atomic E-state index is 0.00972. The topological polar surface area (TPSA) is 58.6 Å². The number of hydrogen-bond acceptors (Lipinski definition) is 6. The fraction of sp³-hybridized carbons (Fsp3) is 0.438. The standard InChI is InChI=1S/C16H20N4O2S/c1-19-6-7-22-14(11-19)12-20(16-18-5-8-23-16)15(21)9-13-3-2-4-17-10-13/h2-5,8,10,14H,6-7,9,11-12H2,1H3/t14-/m1/s1. The fourth-order valence-electron chi connectivity index (χ4n) is 2.59. The molecule has 1 aliphatic heterocycles. The molecule has 0 aromatic carbocycles. The Morgan fingerprint density at radius 1 is 1.52 bits per heavy atom. The molecule has 0 N–H and O–H groups in total. The van der Waals surface area contributed by atoms with Gasteiger partial charge in [-0.2, -0.15) is 0 Å². The highest BCUT2D eigenvalue weighted by Gasteiger charge is 2.26. The molecule has 6 nitrogen and oxygen atoms in total. The van der Waals surface area contributed by atoms with Gasteiger partial charge in [0.25, 0.3) is 0 Å². The molecule has 2 aromatic rings. The van der Waals surface area contributed by atoms with Gasteiger partial charge in [-0.15, -0.1) is 11.3 Å². The largest absolute Gasteiger partial charge is 0.374 e. The Balaban J connectivity index is 1.72. The molecule has 3 rings (SSSR count). The maximum absolute atomic E-state index is 12.8. The minimum atomic E-state index is 0.00972. The highest BCUT2D eigenvalue weighted by Crippen LogP contribution is 2.20. The zero-order valence-electron chi connectivity index (χ0n) is 13.1. The first-order valence-corrected chi connectivity index (χ1v) is 8.49. The molecule has 0 aliphatic carbocycles. The second-order valence-electron chi connectivity index (χ2n) is 5.61. The van der Waals surface area contributed by atoms with E-state index in [1.54, 1.807) is 23.5 Å². The van der Waals surface area contributed by atoms with E-state index in [9.17, 15) is 4.79 Å². The highest BCUT2D eigenvalue weighted by atomic mass is 32.1. The van der Waals surface area contributed by atoms with E-state index in [1.165, 1.54) is 11.3 Å². The van der Waals surface area contributed by atoms with Crippen molar-refractivity contribution in [2.75, 3.05) is 38.2 Å². The Morgan fingerprint density at radius 2 is 2.43 bits per heavy atom. The van der Waals surface area contributed by atoms with E-state index in [1.807, 2.05) is 17.5 Å². The first-order chi connectivity index (χ1) is 11.2. The first kappa shape index (κ1) is 16.0. The Hall–Kier alpha value is -1.83. The normalized spacial score (nSPS) is 18.7. The lowest BCUT2D eigenvalue weighted by molar-refractivity contribution is -0.118. The summed E-state index contributed by atoms with van der Waals surface area (Å²) in [5.41, 5.74) is 0.903. The lowest BCUT2D eigenvalue weighted by Gasteiger charge is -2.33. The maximum Gasteiger partial charge on any atom is 0.233 e. The summed E-state index contributed by atoms with van der Waals surface area (Å²) >= 11 is 1.47. The van der Waals surface area contributed by atoms with Gasteiger partial charge in [0.2, 0.25) is 5.91 Å². The molecule has 0 spiro atoms. The summed E-state index contributed by atoms with van der Waals surface area (Å²) in [4.78, 5) is 25.1. The summed E-state index contributed by atoms with van der Waals surface area (Å²) in [5.74, 6) is 0.0183. The van der Waals surface area contributed by atoms with Crippen LogP contribution in [0.1, 0.15) is 5.56 Å². The van der Waals surface area contributed by atoms with Crippen LogP contribution in [-0.4, -0.2) is 60.2 Å². The molecule has 7 heteroatoms. The molecule has 2 aromatic heterocycles. The number of pyridine rings is 1. The van der Waals surface area contributed by atoms with Crippen molar-refractivity contribution in [2.45, 2.75) is 12.5 Å². The predicted molar refractivity (Wildman–Crippen MR) is 89.6 cm³/mol. The number of anilines is 1. The number of ether oxygens (including phenoxy) is 1. The second kappa shape index (κ2) is 7.63. The molecule has 3 heterocycles. The van der Waals surface area contributed by atoms with Gasteiger partial charge in [-0.25, -0.2) is 4.98 Å². The number of aromatic nitrogens is 2. The van der Waals surface area contributed by atoms with E-state index in [0.717, 1.165) is 23.8 Å². The molecule has 1 fully saturated rings. The van der Waals surface area contributed by atoms with Crippen molar-refractivity contribution in [3.63, 3.8) is 0 Å². The van der Waals surface area contributed by atoms with Crippen LogP contribution in [-0.2, 0) is 16.0 Å². The lowest BCUT2D eigenvalue weighted by atomic mass is 10.2. The summed E-state index contributed by atoms with van der Waals surface area (Å²) in [6.07, 6.45) is 5.48. The fourth-order valence-corrected chi connectivity index (χ4v) is 3.26. The van der Waals surface area contributed by atoms with Gasteiger partial charge < -0.3 is 9.64 Å². The third-order valence-electron chi connectivity index (χ3n) is 3.76. The van der Waals surface area contributed by atoms with Crippen LogP contribution in [0, 0.1) is 0 Å². The van der Waals surface area contributed by atoms with Crippen molar-refractivity contribution < 1.29 is 9.53 Å². The molecule has 1 amide bonds. The molecule has 0 radical (unpaired) electrons. The number of morpholine rings is 1. The number of hydrogen-bond donors (Lipinski definition) is 0. The van der Waals surface area contributed by atoms with Gasteiger partial charge in [0.05, 0.1) is 25.7 Å². The second-order valence-corrected chi connectivity index (χ2v) is 6.49. The summed E-state index contributed by atoms with van der Waals surface area (Å²) in [6, 6.07) is 3.76. The average molecular weight is 332 g/mol. The molecule has 1 aliphatic rings. The third-order valence-corrected chi connectivity index (χ3v) is 4.55. The summed E-state index contributed by atoms with van der Waals surface area (Å²) in [7, 11) is 2.07. The number of nitrogens with zero attached hydrogens (tertiary/aromatic N) is 4. The van der Waals surface area contributed by atoms with Gasteiger partial charge >= 0.3 is 0 Å². The van der Waals surface area contributed by atoms with E-state index in [2.05, 4.69) is 21.9 Å². The summed E-state index contributed by atoms with van der Waals surface area (Å²) in [5, 5.41) is 2.60. The molecule has 0 saturated carbocycles. The van der Waals surface area contributed by atoms with Crippen molar-refractivity contribution in [1.82, 2.24) is 14.9 Å². The highest BCUT2D eigenvalue weighted by molar-refractivity contribution is 7.13. The van der Waals surface area contributed by atoms with E-state index < -0.39 is 0 Å². The van der Waals surface area contributed by atoms with Gasteiger partial charge in [-0.3, -0.25) is 14.7 Å². The van der Waals surface area contributed by atoms with Crippen LogP contribution in [0.5, 0.6) is 0 Å². The van der Waals surface area contributed by atoms with Gasteiger partial charge in [0.15, 0.2) is 5.13 Å². The molecule has 0 unspecified atom stereocenters. The molecule has 0 bridgehead atoms. The Labute approximate surface area is 139 Å². The van der Waals surface area contributed by atoms with Crippen LogP contribution in [0.15, 0.2) is 36.1 Å². The van der Waals surface area contributed by atoms with Gasteiger partial charge in [0.1, 0.15) is 0 Å². The smallest absolute Gasteiger partial charge is 0.233 e. The van der Waals surface area contributed by atoms with Crippen LogP contribution in [0.4, 0.5) is 5.13 Å². The average Bonchev–Trinajstić information content (AvgIpc) is 3.07. The zero-order valence-corrected chi connectivity index (χ0v) is 13.9. The van der Waals surface area contributed by atoms with E-state index in [4.69, 9.17) is 4.74 Å². The monoisotopic (exact) mass is 332 g/mol. The minimum Gasteiger partial charge on any atom is -0.374 e. The van der Waals surface area contributed by atoms with Crippen molar-refractivity contribution in [3.8, 4) is 0 Å². The number of carbonyl (C=O) groups is 1. The lowest BCUT2D eigenvalue weighted by Crippen LogP contribution is -2.48. The summed E-state index contributed by atoms with van der Waals surface area (Å²) in [6.45, 7) is 2.97. The van der Waals surface area contributed by atoms with Crippen LogP contribution in [0.25, 0.3) is 0 Å². The molecular formula is C16H20N4O2S. The number of thiazole rings is 1. The van der Waals surface area contributed by atoms with Crippen molar-refractivity contribution in [1.29, 1.82) is 0 Å². The van der Waals surface area contributed by atoms with E-state index >= 15 is 0 Å². The Bertz CT molecular complexity index is 620. The predicted octanol–water partition coefficient (Wildman–Crippen LogP) is 1.44. The van der Waals surface area contributed by atoms with Crippen molar-refractivity contribution in [3.05, 3.63) is 41.7 Å². The molecule has 23 heavy (non-hydrogen) atoms. The van der Waals surface area contributed by atoms with Crippen LogP contribution < -0.4 is 4.90 Å². The number of rotatable bonds is 5. The quantitative estimate of drug-likeness (QED) is 0.829. The van der Waals surface area contributed by atoms with Gasteiger partial charge in [-0.1, -0.05) is 6.07 Å². The number of likely N-dealkylation sites (N-methyl/N-ethyl adjacent to an activating group) is 1. The Morgan fingerprint density at radius 3 is 3.13 bits per heavy atom. The number of carbonyl (C=O) groups excluding carboxylic acids is 1. The first-order valence-electron chi connectivity index (χ1n) is 7.61. The van der Waals surface area contributed by atoms with Crippen LogP contribution in [0.2, 0.25) is 0 Å². The van der Waals surface area contributed by atoms with E-state index in [-0.39, 0.29) is 12.0 Å². The van der Waals surface area contributed by atoms with E-state index in [0.29, 0.717) is 19.6 Å². The van der Waals surface area contributed by atoms with Gasteiger partial charge in [-0.05, 0) is 18.7 Å². The molecule has 1 atom stereocenters. The molecule has 122 valence electrons.